The van der Waals surface area contributed by atoms with Gasteiger partial charge in [0, 0.05) is 25.3 Å². The Labute approximate surface area is 117 Å². The van der Waals surface area contributed by atoms with E-state index in [2.05, 4.69) is 28.9 Å². The molecule has 0 radical (unpaired) electrons. The number of halogens is 1. The van der Waals surface area contributed by atoms with E-state index in [9.17, 15) is 4.79 Å². The van der Waals surface area contributed by atoms with Gasteiger partial charge in [-0.15, -0.1) is 0 Å². The molecule has 0 aliphatic carbocycles. The molecular formula is C13H18ClN3O2. The van der Waals surface area contributed by atoms with Crippen molar-refractivity contribution in [2.45, 2.75) is 18.9 Å². The highest BCUT2D eigenvalue weighted by atomic mass is 35.5. The van der Waals surface area contributed by atoms with Crippen molar-refractivity contribution in [3.8, 4) is 0 Å². The average molecular weight is 284 g/mol. The van der Waals surface area contributed by atoms with Crippen LogP contribution in [0, 0.1) is 0 Å². The second-order valence-electron chi connectivity index (χ2n) is 5.01. The van der Waals surface area contributed by atoms with Gasteiger partial charge in [-0.25, -0.2) is 9.78 Å². The number of rotatable bonds is 3. The normalized spacial score (nSPS) is 19.8. The number of nitrogens with zero attached hydrogens (tertiary/aromatic N) is 3. The minimum atomic E-state index is -1.02. The molecule has 1 N–H and O–H groups in total. The Morgan fingerprint density at radius 1 is 1.58 bits per heavy atom. The summed E-state index contributed by atoms with van der Waals surface area (Å²) in [6.45, 7) is 1.68. The van der Waals surface area contributed by atoms with E-state index in [1.54, 1.807) is 0 Å². The lowest BCUT2D eigenvalue weighted by Crippen LogP contribution is -2.45. The van der Waals surface area contributed by atoms with Gasteiger partial charge in [-0.1, -0.05) is 11.6 Å². The first-order valence-corrected chi connectivity index (χ1v) is 6.67. The van der Waals surface area contributed by atoms with Crippen LogP contribution in [-0.4, -0.2) is 54.2 Å². The van der Waals surface area contributed by atoms with Crippen LogP contribution >= 0.6 is 11.6 Å². The van der Waals surface area contributed by atoms with Crippen LogP contribution < -0.4 is 4.90 Å². The zero-order valence-electron chi connectivity index (χ0n) is 11.1. The number of carboxylic acid groups (broad SMARTS) is 1. The van der Waals surface area contributed by atoms with Crippen LogP contribution in [0.25, 0.3) is 0 Å². The number of hydrogen-bond acceptors (Lipinski definition) is 4. The molecule has 0 bridgehead atoms. The number of aromatic carboxylic acids is 1. The predicted octanol–water partition coefficient (Wildman–Crippen LogP) is 1.96. The standard InChI is InChI=1S/C13H18ClN3O2/c1-16(2)9-4-3-7-17(8-9)12-11(14)10(13(18)19)5-6-15-12/h5-6,9H,3-4,7-8H2,1-2H3,(H,18,19). The minimum Gasteiger partial charge on any atom is -0.478 e. The Hall–Kier alpha value is -1.33. The summed E-state index contributed by atoms with van der Waals surface area (Å²) in [5.74, 6) is -0.442. The van der Waals surface area contributed by atoms with E-state index in [0.717, 1.165) is 25.9 Å². The van der Waals surface area contributed by atoms with Crippen molar-refractivity contribution in [3.05, 3.63) is 22.8 Å². The molecule has 5 nitrogen and oxygen atoms in total. The molecular weight excluding hydrogens is 266 g/mol. The summed E-state index contributed by atoms with van der Waals surface area (Å²) in [7, 11) is 4.10. The van der Waals surface area contributed by atoms with E-state index in [1.165, 1.54) is 12.3 Å². The molecule has 1 fully saturated rings. The maximum Gasteiger partial charge on any atom is 0.337 e. The van der Waals surface area contributed by atoms with Crippen molar-refractivity contribution < 1.29 is 9.90 Å². The number of carboxylic acids is 1. The van der Waals surface area contributed by atoms with Crippen LogP contribution in [0.1, 0.15) is 23.2 Å². The van der Waals surface area contributed by atoms with E-state index < -0.39 is 5.97 Å². The topological polar surface area (TPSA) is 56.7 Å². The highest BCUT2D eigenvalue weighted by Gasteiger charge is 2.25. The molecule has 0 saturated carbocycles. The fraction of sp³-hybridized carbons (Fsp3) is 0.538. The van der Waals surface area contributed by atoms with Gasteiger partial charge in [0.15, 0.2) is 0 Å². The van der Waals surface area contributed by atoms with Crippen LogP contribution in [0.2, 0.25) is 5.02 Å². The van der Waals surface area contributed by atoms with Crippen molar-refractivity contribution in [2.75, 3.05) is 32.1 Å². The monoisotopic (exact) mass is 283 g/mol. The molecule has 1 aliphatic heterocycles. The van der Waals surface area contributed by atoms with Crippen molar-refractivity contribution in [3.63, 3.8) is 0 Å². The quantitative estimate of drug-likeness (QED) is 0.919. The molecule has 0 aromatic carbocycles. The number of hydrogen-bond donors (Lipinski definition) is 1. The first-order chi connectivity index (χ1) is 9.00. The summed E-state index contributed by atoms with van der Waals surface area (Å²) < 4.78 is 0. The Morgan fingerprint density at radius 2 is 2.32 bits per heavy atom. The molecule has 0 spiro atoms. The molecule has 0 amide bonds. The first kappa shape index (κ1) is 14.1. The summed E-state index contributed by atoms with van der Waals surface area (Å²) in [6, 6.07) is 1.88. The van der Waals surface area contributed by atoms with Gasteiger partial charge in [0.05, 0.1) is 10.6 Å². The SMILES string of the molecule is CN(C)C1CCCN(c2nccc(C(=O)O)c2Cl)C1. The van der Waals surface area contributed by atoms with E-state index in [1.807, 2.05) is 0 Å². The third kappa shape index (κ3) is 2.98. The Kier molecular flexibility index (Phi) is 4.27. The lowest BCUT2D eigenvalue weighted by Gasteiger charge is -2.37. The molecule has 2 rings (SSSR count). The summed E-state index contributed by atoms with van der Waals surface area (Å²) in [5.41, 5.74) is 0.110. The predicted molar refractivity (Wildman–Crippen MR) is 75.1 cm³/mol. The van der Waals surface area contributed by atoms with Crippen LogP contribution in [0.4, 0.5) is 5.82 Å². The van der Waals surface area contributed by atoms with Crippen LogP contribution in [0.5, 0.6) is 0 Å². The summed E-state index contributed by atoms with van der Waals surface area (Å²) in [6.07, 6.45) is 3.70. The lowest BCUT2D eigenvalue weighted by atomic mass is 10.0. The van der Waals surface area contributed by atoms with Gasteiger partial charge in [-0.2, -0.15) is 0 Å². The number of anilines is 1. The van der Waals surface area contributed by atoms with Gasteiger partial charge >= 0.3 is 5.97 Å². The summed E-state index contributed by atoms with van der Waals surface area (Å²) in [5, 5.41) is 9.32. The second-order valence-corrected chi connectivity index (χ2v) is 5.38. The zero-order valence-corrected chi connectivity index (χ0v) is 11.9. The Morgan fingerprint density at radius 3 is 2.95 bits per heavy atom. The van der Waals surface area contributed by atoms with Gasteiger partial charge in [0.1, 0.15) is 5.82 Å². The average Bonchev–Trinajstić information content (AvgIpc) is 2.38. The molecule has 1 atom stereocenters. The van der Waals surface area contributed by atoms with Crippen LogP contribution in [-0.2, 0) is 0 Å². The highest BCUT2D eigenvalue weighted by molar-refractivity contribution is 6.35. The van der Waals surface area contributed by atoms with Gasteiger partial charge in [-0.05, 0) is 33.0 Å². The van der Waals surface area contributed by atoms with Crippen LogP contribution in [0.3, 0.4) is 0 Å². The fourth-order valence-corrected chi connectivity index (χ4v) is 2.70. The molecule has 1 aromatic heterocycles. The number of likely N-dealkylation sites (N-methyl/N-ethyl adjacent to an activating group) is 1. The zero-order chi connectivity index (χ0) is 14.0. The first-order valence-electron chi connectivity index (χ1n) is 6.30. The smallest absolute Gasteiger partial charge is 0.337 e. The highest BCUT2D eigenvalue weighted by Crippen LogP contribution is 2.29. The molecule has 104 valence electrons. The molecule has 19 heavy (non-hydrogen) atoms. The molecule has 1 aromatic rings. The molecule has 1 unspecified atom stereocenters. The van der Waals surface area contributed by atoms with Crippen molar-refractivity contribution >= 4 is 23.4 Å². The largest absolute Gasteiger partial charge is 0.478 e. The third-order valence-corrected chi connectivity index (χ3v) is 3.90. The maximum atomic E-state index is 11.1. The minimum absolute atomic E-state index is 0.110. The maximum absolute atomic E-state index is 11.1. The number of aromatic nitrogens is 1. The van der Waals surface area contributed by atoms with Gasteiger partial charge in [-0.3, -0.25) is 0 Å². The van der Waals surface area contributed by atoms with E-state index >= 15 is 0 Å². The Balaban J connectivity index is 2.26. The van der Waals surface area contributed by atoms with Gasteiger partial charge in [0.2, 0.25) is 0 Å². The number of piperidine rings is 1. The van der Waals surface area contributed by atoms with Crippen molar-refractivity contribution in [2.24, 2.45) is 0 Å². The number of pyridine rings is 1. The van der Waals surface area contributed by atoms with Crippen molar-refractivity contribution in [1.82, 2.24) is 9.88 Å². The van der Waals surface area contributed by atoms with E-state index in [-0.39, 0.29) is 10.6 Å². The molecule has 1 aliphatic rings. The third-order valence-electron chi connectivity index (χ3n) is 3.53. The van der Waals surface area contributed by atoms with Gasteiger partial charge < -0.3 is 14.9 Å². The van der Waals surface area contributed by atoms with E-state index in [0.29, 0.717) is 11.9 Å². The fourth-order valence-electron chi connectivity index (χ4n) is 2.39. The lowest BCUT2D eigenvalue weighted by molar-refractivity contribution is 0.0697. The molecule has 6 heteroatoms. The molecule has 1 saturated heterocycles. The molecule has 2 heterocycles. The summed E-state index contributed by atoms with van der Waals surface area (Å²) >= 11 is 6.17. The summed E-state index contributed by atoms with van der Waals surface area (Å²) in [4.78, 5) is 19.6. The van der Waals surface area contributed by atoms with Crippen LogP contribution in [0.15, 0.2) is 12.3 Å². The Bertz CT molecular complexity index is 479. The van der Waals surface area contributed by atoms with E-state index in [4.69, 9.17) is 16.7 Å². The van der Waals surface area contributed by atoms with Crippen molar-refractivity contribution in [1.29, 1.82) is 0 Å². The second kappa shape index (κ2) is 5.75. The van der Waals surface area contributed by atoms with Gasteiger partial charge in [0.25, 0.3) is 0 Å². The number of carbonyl (C=O) groups is 1.